The van der Waals surface area contributed by atoms with Crippen molar-refractivity contribution in [3.05, 3.63) is 0 Å². The van der Waals surface area contributed by atoms with E-state index in [0.717, 1.165) is 25.9 Å². The van der Waals surface area contributed by atoms with Gasteiger partial charge in [0.1, 0.15) is 12.1 Å². The number of hydrogen-bond donors (Lipinski definition) is 1. The molecule has 0 aromatic rings. The van der Waals surface area contributed by atoms with Gasteiger partial charge < -0.3 is 15.0 Å². The SMILES string of the molecule is CCCCOCCCN1C(=O)C(C(C)C)NC(=O)C1CC. The molecule has 0 spiro atoms. The van der Waals surface area contributed by atoms with Crippen LogP contribution in [0.3, 0.4) is 0 Å². The van der Waals surface area contributed by atoms with Crippen LogP contribution < -0.4 is 5.32 Å². The summed E-state index contributed by atoms with van der Waals surface area (Å²) in [6.07, 6.45) is 3.62. The minimum Gasteiger partial charge on any atom is -0.381 e. The lowest BCUT2D eigenvalue weighted by Crippen LogP contribution is -2.64. The minimum absolute atomic E-state index is 0.0253. The van der Waals surface area contributed by atoms with Gasteiger partial charge in [0.25, 0.3) is 0 Å². The van der Waals surface area contributed by atoms with E-state index in [1.54, 1.807) is 4.90 Å². The van der Waals surface area contributed by atoms with Gasteiger partial charge in [0.2, 0.25) is 11.8 Å². The van der Waals surface area contributed by atoms with Crippen LogP contribution in [0, 0.1) is 5.92 Å². The molecule has 1 fully saturated rings. The number of amides is 2. The number of nitrogens with one attached hydrogen (secondary N) is 1. The van der Waals surface area contributed by atoms with E-state index in [1.165, 1.54) is 0 Å². The molecule has 1 N–H and O–H groups in total. The van der Waals surface area contributed by atoms with Crippen molar-refractivity contribution in [1.82, 2.24) is 10.2 Å². The Bertz CT molecular complexity index is 344. The first-order valence-electron chi connectivity index (χ1n) is 8.21. The number of carbonyl (C=O) groups is 2. The summed E-state index contributed by atoms with van der Waals surface area (Å²) >= 11 is 0. The van der Waals surface area contributed by atoms with Crippen molar-refractivity contribution >= 4 is 11.8 Å². The van der Waals surface area contributed by atoms with Gasteiger partial charge in [-0.2, -0.15) is 0 Å². The van der Waals surface area contributed by atoms with Gasteiger partial charge in [0.05, 0.1) is 0 Å². The Hall–Kier alpha value is -1.10. The van der Waals surface area contributed by atoms with Crippen molar-refractivity contribution in [2.24, 2.45) is 5.92 Å². The standard InChI is InChI=1S/C16H30N2O3/c1-5-7-10-21-11-8-9-18-13(6-2)15(19)17-14(12(3)4)16(18)20/h12-14H,5-11H2,1-4H3,(H,17,19). The molecule has 2 atom stereocenters. The lowest BCUT2D eigenvalue weighted by Gasteiger charge is -2.40. The molecule has 0 aromatic carbocycles. The molecule has 1 aliphatic rings. The third-order valence-corrected chi connectivity index (χ3v) is 3.91. The molecule has 1 aliphatic heterocycles. The van der Waals surface area contributed by atoms with Crippen molar-refractivity contribution in [2.45, 2.75) is 65.5 Å². The van der Waals surface area contributed by atoms with E-state index >= 15 is 0 Å². The molecular formula is C16H30N2O3. The number of carbonyl (C=O) groups excluding carboxylic acids is 2. The van der Waals surface area contributed by atoms with E-state index in [4.69, 9.17) is 4.74 Å². The fourth-order valence-electron chi connectivity index (χ4n) is 2.59. The van der Waals surface area contributed by atoms with Crippen LogP contribution in [0.25, 0.3) is 0 Å². The van der Waals surface area contributed by atoms with Gasteiger partial charge in [-0.25, -0.2) is 0 Å². The highest BCUT2D eigenvalue weighted by atomic mass is 16.5. The molecule has 0 radical (unpaired) electrons. The first kappa shape index (κ1) is 18.0. The van der Waals surface area contributed by atoms with Crippen LogP contribution in [0.4, 0.5) is 0 Å². The molecule has 1 saturated heterocycles. The molecule has 1 rings (SSSR count). The Morgan fingerprint density at radius 1 is 1.19 bits per heavy atom. The first-order valence-corrected chi connectivity index (χ1v) is 8.21. The largest absolute Gasteiger partial charge is 0.381 e. The van der Waals surface area contributed by atoms with Gasteiger partial charge in [-0.05, 0) is 25.2 Å². The molecule has 21 heavy (non-hydrogen) atoms. The quantitative estimate of drug-likeness (QED) is 0.662. The molecule has 0 bridgehead atoms. The Kier molecular flexibility index (Phi) is 7.72. The van der Waals surface area contributed by atoms with Crippen LogP contribution in [-0.2, 0) is 14.3 Å². The molecular weight excluding hydrogens is 268 g/mol. The fraction of sp³-hybridized carbons (Fsp3) is 0.875. The summed E-state index contributed by atoms with van der Waals surface area (Å²) in [5, 5.41) is 2.85. The third-order valence-electron chi connectivity index (χ3n) is 3.91. The summed E-state index contributed by atoms with van der Waals surface area (Å²) < 4.78 is 5.53. The van der Waals surface area contributed by atoms with Gasteiger partial charge in [0.15, 0.2) is 0 Å². The zero-order valence-electron chi connectivity index (χ0n) is 13.9. The number of hydrogen-bond acceptors (Lipinski definition) is 3. The molecule has 1 heterocycles. The van der Waals surface area contributed by atoms with Crippen molar-refractivity contribution in [3.63, 3.8) is 0 Å². The highest BCUT2D eigenvalue weighted by Crippen LogP contribution is 2.17. The molecule has 2 unspecified atom stereocenters. The van der Waals surface area contributed by atoms with Gasteiger partial charge in [-0.3, -0.25) is 9.59 Å². The summed E-state index contributed by atoms with van der Waals surface area (Å²) in [6, 6.07) is -0.718. The normalized spacial score (nSPS) is 22.8. The van der Waals surface area contributed by atoms with E-state index in [9.17, 15) is 9.59 Å². The number of piperazine rings is 1. The van der Waals surface area contributed by atoms with E-state index in [2.05, 4.69) is 12.2 Å². The van der Waals surface area contributed by atoms with E-state index in [-0.39, 0.29) is 29.8 Å². The number of unbranched alkanes of at least 4 members (excludes halogenated alkanes) is 1. The average Bonchev–Trinajstić information content (AvgIpc) is 2.45. The topological polar surface area (TPSA) is 58.6 Å². The molecule has 122 valence electrons. The number of rotatable bonds is 9. The minimum atomic E-state index is -0.388. The maximum atomic E-state index is 12.5. The second-order valence-electron chi connectivity index (χ2n) is 6.01. The lowest BCUT2D eigenvalue weighted by molar-refractivity contribution is -0.151. The van der Waals surface area contributed by atoms with Gasteiger partial charge in [-0.15, -0.1) is 0 Å². The summed E-state index contributed by atoms with van der Waals surface area (Å²) in [5.74, 6) is 0.135. The zero-order valence-corrected chi connectivity index (χ0v) is 13.9. The Labute approximate surface area is 128 Å². The Balaban J connectivity index is 2.53. The van der Waals surface area contributed by atoms with Crippen LogP contribution in [0.2, 0.25) is 0 Å². The monoisotopic (exact) mass is 298 g/mol. The Morgan fingerprint density at radius 2 is 1.86 bits per heavy atom. The highest BCUT2D eigenvalue weighted by Gasteiger charge is 2.40. The van der Waals surface area contributed by atoms with Gasteiger partial charge >= 0.3 is 0 Å². The highest BCUT2D eigenvalue weighted by molar-refractivity contribution is 5.97. The van der Waals surface area contributed by atoms with Gasteiger partial charge in [-0.1, -0.05) is 34.1 Å². The molecule has 5 heteroatoms. The van der Waals surface area contributed by atoms with Crippen molar-refractivity contribution in [2.75, 3.05) is 19.8 Å². The molecule has 2 amide bonds. The van der Waals surface area contributed by atoms with Crippen LogP contribution in [0.5, 0.6) is 0 Å². The summed E-state index contributed by atoms with van der Waals surface area (Å²) in [7, 11) is 0. The van der Waals surface area contributed by atoms with E-state index in [0.29, 0.717) is 19.6 Å². The van der Waals surface area contributed by atoms with E-state index < -0.39 is 0 Å². The van der Waals surface area contributed by atoms with Crippen molar-refractivity contribution in [1.29, 1.82) is 0 Å². The smallest absolute Gasteiger partial charge is 0.246 e. The third kappa shape index (κ3) is 4.99. The van der Waals surface area contributed by atoms with Crippen LogP contribution in [0.15, 0.2) is 0 Å². The fourth-order valence-corrected chi connectivity index (χ4v) is 2.59. The molecule has 0 aliphatic carbocycles. The lowest BCUT2D eigenvalue weighted by atomic mass is 9.97. The summed E-state index contributed by atoms with van der Waals surface area (Å²) in [6.45, 7) is 10.0. The average molecular weight is 298 g/mol. The molecule has 0 saturated carbocycles. The number of nitrogens with zero attached hydrogens (tertiary/aromatic N) is 1. The van der Waals surface area contributed by atoms with Crippen LogP contribution in [0.1, 0.15) is 53.4 Å². The second-order valence-corrected chi connectivity index (χ2v) is 6.01. The zero-order chi connectivity index (χ0) is 15.8. The van der Waals surface area contributed by atoms with E-state index in [1.807, 2.05) is 20.8 Å². The number of ether oxygens (including phenoxy) is 1. The molecule has 5 nitrogen and oxygen atoms in total. The predicted octanol–water partition coefficient (Wildman–Crippen LogP) is 1.95. The van der Waals surface area contributed by atoms with Crippen molar-refractivity contribution in [3.8, 4) is 0 Å². The van der Waals surface area contributed by atoms with Crippen LogP contribution >= 0.6 is 0 Å². The predicted molar refractivity (Wildman–Crippen MR) is 82.9 cm³/mol. The Morgan fingerprint density at radius 3 is 2.43 bits per heavy atom. The second kappa shape index (κ2) is 9.03. The van der Waals surface area contributed by atoms with Crippen molar-refractivity contribution < 1.29 is 14.3 Å². The van der Waals surface area contributed by atoms with Gasteiger partial charge in [0, 0.05) is 19.8 Å². The van der Waals surface area contributed by atoms with Crippen LogP contribution in [-0.4, -0.2) is 48.6 Å². The maximum Gasteiger partial charge on any atom is 0.246 e. The molecule has 0 aromatic heterocycles. The maximum absolute atomic E-state index is 12.5. The summed E-state index contributed by atoms with van der Waals surface area (Å²) in [5.41, 5.74) is 0. The first-order chi connectivity index (χ1) is 10.0. The summed E-state index contributed by atoms with van der Waals surface area (Å²) in [4.78, 5) is 26.4.